The van der Waals surface area contributed by atoms with Crippen molar-refractivity contribution in [2.75, 3.05) is 0 Å². The Balaban J connectivity index is 1.98. The van der Waals surface area contributed by atoms with Gasteiger partial charge in [-0.1, -0.05) is 0 Å². The summed E-state index contributed by atoms with van der Waals surface area (Å²) in [4.78, 5) is 15.6. The van der Waals surface area contributed by atoms with E-state index in [0.29, 0.717) is 11.4 Å². The van der Waals surface area contributed by atoms with Crippen LogP contribution in [0.2, 0.25) is 0 Å². The van der Waals surface area contributed by atoms with Crippen LogP contribution >= 0.6 is 22.7 Å². The van der Waals surface area contributed by atoms with Crippen LogP contribution in [0.3, 0.4) is 0 Å². The van der Waals surface area contributed by atoms with Crippen molar-refractivity contribution in [3.63, 3.8) is 0 Å². The lowest BCUT2D eigenvalue weighted by atomic mass is 10.2. The van der Waals surface area contributed by atoms with E-state index in [1.807, 2.05) is 18.4 Å². The fourth-order valence-corrected chi connectivity index (χ4v) is 2.89. The molecule has 1 atom stereocenters. The first kappa shape index (κ1) is 12.2. The number of hydrogen-bond acceptors (Lipinski definition) is 5. The van der Waals surface area contributed by atoms with Crippen LogP contribution in [0.4, 0.5) is 0 Å². The molecule has 90 valence electrons. The number of aromatic carboxylic acids is 1. The van der Waals surface area contributed by atoms with Gasteiger partial charge in [0.05, 0.1) is 6.04 Å². The molecule has 2 heterocycles. The van der Waals surface area contributed by atoms with Gasteiger partial charge in [-0.25, -0.2) is 9.78 Å². The van der Waals surface area contributed by atoms with Crippen molar-refractivity contribution >= 4 is 28.6 Å². The Morgan fingerprint density at radius 3 is 3.00 bits per heavy atom. The number of aromatic nitrogens is 1. The molecule has 2 N–H and O–H groups in total. The largest absolute Gasteiger partial charge is 0.477 e. The van der Waals surface area contributed by atoms with Gasteiger partial charge in [0.25, 0.3) is 0 Å². The van der Waals surface area contributed by atoms with E-state index >= 15 is 0 Å². The average Bonchev–Trinajstić information content (AvgIpc) is 2.96. The summed E-state index contributed by atoms with van der Waals surface area (Å²) in [7, 11) is 0. The summed E-state index contributed by atoms with van der Waals surface area (Å²) in [6.45, 7) is 2.57. The minimum Gasteiger partial charge on any atom is -0.477 e. The highest BCUT2D eigenvalue weighted by atomic mass is 32.1. The maximum absolute atomic E-state index is 10.9. The van der Waals surface area contributed by atoms with Crippen LogP contribution in [0.1, 0.15) is 33.2 Å². The maximum atomic E-state index is 10.9. The van der Waals surface area contributed by atoms with E-state index in [-0.39, 0.29) is 6.04 Å². The lowest BCUT2D eigenvalue weighted by molar-refractivity contribution is 0.0701. The zero-order valence-electron chi connectivity index (χ0n) is 9.21. The van der Waals surface area contributed by atoms with Gasteiger partial charge in [0.1, 0.15) is 9.88 Å². The van der Waals surface area contributed by atoms with Crippen LogP contribution in [-0.4, -0.2) is 16.1 Å². The summed E-state index contributed by atoms with van der Waals surface area (Å²) in [6.07, 6.45) is 1.77. The number of hydrogen-bond donors (Lipinski definition) is 2. The number of nitrogens with zero attached hydrogens (tertiary/aromatic N) is 1. The number of nitrogens with one attached hydrogen (secondary N) is 1. The lowest BCUT2D eigenvalue weighted by Gasteiger charge is -2.10. The van der Waals surface area contributed by atoms with Crippen molar-refractivity contribution in [3.05, 3.63) is 38.5 Å². The second kappa shape index (κ2) is 5.39. The van der Waals surface area contributed by atoms with E-state index in [0.717, 1.165) is 10.6 Å². The molecule has 0 aliphatic rings. The predicted octanol–water partition coefficient (Wildman–Crippen LogP) is 2.75. The van der Waals surface area contributed by atoms with Gasteiger partial charge in [0.2, 0.25) is 0 Å². The summed E-state index contributed by atoms with van der Waals surface area (Å²) < 4.78 is 0. The third kappa shape index (κ3) is 2.91. The molecule has 6 heteroatoms. The van der Waals surface area contributed by atoms with Gasteiger partial charge in [0.15, 0.2) is 0 Å². The third-order valence-corrected chi connectivity index (χ3v) is 4.26. The van der Waals surface area contributed by atoms with E-state index in [2.05, 4.69) is 10.3 Å². The summed E-state index contributed by atoms with van der Waals surface area (Å²) in [5, 5.41) is 17.0. The predicted molar refractivity (Wildman–Crippen MR) is 68.6 cm³/mol. The third-order valence-electron chi connectivity index (χ3n) is 2.36. The van der Waals surface area contributed by atoms with Crippen molar-refractivity contribution < 1.29 is 9.90 Å². The van der Waals surface area contributed by atoms with Crippen LogP contribution in [0, 0.1) is 0 Å². The second-order valence-corrected chi connectivity index (χ2v) is 5.40. The maximum Gasteiger partial charge on any atom is 0.346 e. The SMILES string of the molecule is CC(NCc1ccsc1C(=O)O)c1nccs1. The fraction of sp³-hybridized carbons (Fsp3) is 0.273. The molecule has 2 aromatic heterocycles. The normalized spacial score (nSPS) is 12.5. The summed E-state index contributed by atoms with van der Waals surface area (Å²) in [5.74, 6) is -0.862. The highest BCUT2D eigenvalue weighted by Crippen LogP contribution is 2.19. The average molecular weight is 268 g/mol. The van der Waals surface area contributed by atoms with E-state index in [1.165, 1.54) is 11.3 Å². The molecule has 0 amide bonds. The standard InChI is InChI=1S/C11H12N2O2S2/c1-7(10-12-3-5-17-10)13-6-8-2-4-16-9(8)11(14)15/h2-5,7,13H,6H2,1H3,(H,14,15). The highest BCUT2D eigenvalue weighted by molar-refractivity contribution is 7.12. The van der Waals surface area contributed by atoms with Gasteiger partial charge in [-0.05, 0) is 23.9 Å². The Labute approximate surface area is 107 Å². The van der Waals surface area contributed by atoms with Crippen molar-refractivity contribution in [2.24, 2.45) is 0 Å². The Hall–Kier alpha value is -1.24. The molecule has 0 aliphatic heterocycles. The molecule has 2 aromatic rings. The molecule has 0 aliphatic carbocycles. The van der Waals surface area contributed by atoms with Crippen LogP contribution in [-0.2, 0) is 6.54 Å². The number of carbonyl (C=O) groups is 1. The van der Waals surface area contributed by atoms with Crippen molar-refractivity contribution in [2.45, 2.75) is 19.5 Å². The molecule has 0 spiro atoms. The Morgan fingerprint density at radius 2 is 2.35 bits per heavy atom. The van der Waals surface area contributed by atoms with Crippen LogP contribution in [0.5, 0.6) is 0 Å². The van der Waals surface area contributed by atoms with Crippen molar-refractivity contribution in [3.8, 4) is 0 Å². The zero-order chi connectivity index (χ0) is 12.3. The quantitative estimate of drug-likeness (QED) is 0.875. The topological polar surface area (TPSA) is 62.2 Å². The first-order chi connectivity index (χ1) is 8.18. The number of rotatable bonds is 5. The van der Waals surface area contributed by atoms with E-state index in [4.69, 9.17) is 5.11 Å². The molecule has 0 fully saturated rings. The van der Waals surface area contributed by atoms with Gasteiger partial charge in [-0.15, -0.1) is 22.7 Å². The van der Waals surface area contributed by atoms with Gasteiger partial charge in [0, 0.05) is 18.1 Å². The van der Waals surface area contributed by atoms with E-state index < -0.39 is 5.97 Å². The summed E-state index contributed by atoms with van der Waals surface area (Å²) in [6, 6.07) is 1.98. The molecule has 0 saturated carbocycles. The lowest BCUT2D eigenvalue weighted by Crippen LogP contribution is -2.18. The summed E-state index contributed by atoms with van der Waals surface area (Å²) in [5.41, 5.74) is 0.825. The van der Waals surface area contributed by atoms with Crippen LogP contribution in [0.15, 0.2) is 23.0 Å². The Morgan fingerprint density at radius 1 is 1.53 bits per heavy atom. The molecule has 17 heavy (non-hydrogen) atoms. The minimum absolute atomic E-state index is 0.136. The fourth-order valence-electron chi connectivity index (χ4n) is 1.46. The highest BCUT2D eigenvalue weighted by Gasteiger charge is 2.13. The molecular weight excluding hydrogens is 256 g/mol. The first-order valence-corrected chi connectivity index (χ1v) is 6.87. The van der Waals surface area contributed by atoms with Gasteiger partial charge in [-0.3, -0.25) is 0 Å². The van der Waals surface area contributed by atoms with Crippen LogP contribution < -0.4 is 5.32 Å². The molecule has 0 radical (unpaired) electrons. The molecule has 0 bridgehead atoms. The van der Waals surface area contributed by atoms with Gasteiger partial charge < -0.3 is 10.4 Å². The molecule has 2 rings (SSSR count). The van der Waals surface area contributed by atoms with Gasteiger partial charge >= 0.3 is 5.97 Å². The van der Waals surface area contributed by atoms with E-state index in [1.54, 1.807) is 22.9 Å². The zero-order valence-corrected chi connectivity index (χ0v) is 10.8. The summed E-state index contributed by atoms with van der Waals surface area (Å²) >= 11 is 2.85. The smallest absolute Gasteiger partial charge is 0.346 e. The van der Waals surface area contributed by atoms with E-state index in [9.17, 15) is 4.79 Å². The number of carboxylic acid groups (broad SMARTS) is 1. The molecular formula is C11H12N2O2S2. The second-order valence-electron chi connectivity index (χ2n) is 3.55. The first-order valence-electron chi connectivity index (χ1n) is 5.11. The Kier molecular flexibility index (Phi) is 3.88. The minimum atomic E-state index is -0.862. The molecule has 1 unspecified atom stereocenters. The van der Waals surface area contributed by atoms with Crippen molar-refractivity contribution in [1.82, 2.24) is 10.3 Å². The van der Waals surface area contributed by atoms with Crippen LogP contribution in [0.25, 0.3) is 0 Å². The number of carboxylic acids is 1. The molecule has 0 aromatic carbocycles. The Bertz CT molecular complexity index is 493. The van der Waals surface area contributed by atoms with Crippen molar-refractivity contribution in [1.29, 1.82) is 0 Å². The van der Waals surface area contributed by atoms with Gasteiger partial charge in [-0.2, -0.15) is 0 Å². The molecule has 4 nitrogen and oxygen atoms in total. The number of thiazole rings is 1. The monoisotopic (exact) mass is 268 g/mol. The molecule has 0 saturated heterocycles. The number of thiophene rings is 1.